The summed E-state index contributed by atoms with van der Waals surface area (Å²) < 4.78 is 13.0. The molecule has 1 aliphatic heterocycles. The molecule has 0 radical (unpaired) electrons. The molecule has 0 aliphatic carbocycles. The van der Waals surface area contributed by atoms with Crippen molar-refractivity contribution in [3.8, 4) is 0 Å². The second-order valence-electron chi connectivity index (χ2n) is 3.89. The summed E-state index contributed by atoms with van der Waals surface area (Å²) in [5.74, 6) is -0.559. The number of urea groups is 1. The maximum absolute atomic E-state index is 13.0. The molecule has 1 aliphatic rings. The molecule has 90 valence electrons. The van der Waals surface area contributed by atoms with Gasteiger partial charge in [0.1, 0.15) is 5.82 Å². The zero-order valence-corrected chi connectivity index (χ0v) is 9.02. The molecule has 2 rings (SSSR count). The van der Waals surface area contributed by atoms with Gasteiger partial charge in [-0.15, -0.1) is 0 Å². The first-order chi connectivity index (χ1) is 8.06. The lowest BCUT2D eigenvalue weighted by Gasteiger charge is -2.16. The molecular weight excluding hydrogens is 225 g/mol. The van der Waals surface area contributed by atoms with Crippen LogP contribution in [0.1, 0.15) is 6.42 Å². The molecule has 1 aromatic rings. The van der Waals surface area contributed by atoms with E-state index in [4.69, 9.17) is 5.73 Å². The third-order valence-electron chi connectivity index (χ3n) is 2.59. The quantitative estimate of drug-likeness (QED) is 0.790. The summed E-state index contributed by atoms with van der Waals surface area (Å²) in [6, 6.07) is 4.79. The Bertz CT molecular complexity index is 464. The van der Waals surface area contributed by atoms with Crippen LogP contribution >= 0.6 is 0 Å². The second-order valence-corrected chi connectivity index (χ2v) is 3.89. The molecule has 1 fully saturated rings. The van der Waals surface area contributed by atoms with Gasteiger partial charge >= 0.3 is 6.03 Å². The van der Waals surface area contributed by atoms with Crippen molar-refractivity contribution in [2.75, 3.05) is 11.4 Å². The third-order valence-corrected chi connectivity index (χ3v) is 2.59. The van der Waals surface area contributed by atoms with Gasteiger partial charge in [-0.05, 0) is 18.2 Å². The molecule has 0 saturated carbocycles. The fourth-order valence-electron chi connectivity index (χ4n) is 1.90. The van der Waals surface area contributed by atoms with Crippen LogP contribution in [0.25, 0.3) is 0 Å². The molecule has 17 heavy (non-hydrogen) atoms. The van der Waals surface area contributed by atoms with Crippen LogP contribution in [-0.4, -0.2) is 24.5 Å². The van der Waals surface area contributed by atoms with Crippen LogP contribution < -0.4 is 16.0 Å². The largest absolute Gasteiger partial charge is 0.352 e. The van der Waals surface area contributed by atoms with Crippen molar-refractivity contribution in [3.63, 3.8) is 0 Å². The van der Waals surface area contributed by atoms with Gasteiger partial charge in [-0.3, -0.25) is 4.79 Å². The summed E-state index contributed by atoms with van der Waals surface area (Å²) in [6.45, 7) is 0.311. The Morgan fingerprint density at radius 1 is 1.53 bits per heavy atom. The van der Waals surface area contributed by atoms with Crippen LogP contribution in [0.15, 0.2) is 24.3 Å². The number of amides is 3. The highest BCUT2D eigenvalue weighted by Crippen LogP contribution is 2.22. The first-order valence-electron chi connectivity index (χ1n) is 5.18. The molecule has 1 heterocycles. The van der Waals surface area contributed by atoms with E-state index in [1.54, 1.807) is 6.07 Å². The van der Waals surface area contributed by atoms with Crippen molar-refractivity contribution >= 4 is 17.6 Å². The SMILES string of the molecule is NC(=O)NC1CC(=O)N(c2cccc(F)c2)C1. The minimum atomic E-state index is -0.663. The van der Waals surface area contributed by atoms with Gasteiger partial charge in [0.05, 0.1) is 6.04 Å². The Balaban J connectivity index is 2.13. The van der Waals surface area contributed by atoms with Gasteiger partial charge in [0, 0.05) is 18.7 Å². The summed E-state index contributed by atoms with van der Waals surface area (Å²) in [7, 11) is 0. The van der Waals surface area contributed by atoms with Crippen LogP contribution in [0.3, 0.4) is 0 Å². The van der Waals surface area contributed by atoms with E-state index in [0.717, 1.165) is 0 Å². The molecule has 1 atom stereocenters. The molecule has 6 heteroatoms. The van der Waals surface area contributed by atoms with E-state index in [2.05, 4.69) is 5.32 Å². The van der Waals surface area contributed by atoms with Crippen LogP contribution in [0.5, 0.6) is 0 Å². The van der Waals surface area contributed by atoms with Crippen molar-refractivity contribution in [3.05, 3.63) is 30.1 Å². The molecule has 1 aromatic carbocycles. The van der Waals surface area contributed by atoms with E-state index >= 15 is 0 Å². The molecule has 0 spiro atoms. The highest BCUT2D eigenvalue weighted by molar-refractivity contribution is 5.96. The number of anilines is 1. The van der Waals surface area contributed by atoms with Gasteiger partial charge in [0.15, 0.2) is 0 Å². The summed E-state index contributed by atoms with van der Waals surface area (Å²) >= 11 is 0. The third kappa shape index (κ3) is 2.52. The molecule has 1 unspecified atom stereocenters. The first kappa shape index (κ1) is 11.4. The number of carbonyl (C=O) groups is 2. The average molecular weight is 237 g/mol. The smallest absolute Gasteiger partial charge is 0.312 e. The Labute approximate surface area is 97.4 Å². The fourth-order valence-corrected chi connectivity index (χ4v) is 1.90. The fraction of sp³-hybridized carbons (Fsp3) is 0.273. The topological polar surface area (TPSA) is 75.4 Å². The zero-order valence-electron chi connectivity index (χ0n) is 9.02. The number of benzene rings is 1. The van der Waals surface area contributed by atoms with Gasteiger partial charge in [-0.2, -0.15) is 0 Å². The summed E-state index contributed by atoms with van der Waals surface area (Å²) in [4.78, 5) is 23.8. The van der Waals surface area contributed by atoms with Crippen LogP contribution in [-0.2, 0) is 4.79 Å². The maximum atomic E-state index is 13.0. The minimum Gasteiger partial charge on any atom is -0.352 e. The molecule has 1 saturated heterocycles. The van der Waals surface area contributed by atoms with Crippen molar-refractivity contribution < 1.29 is 14.0 Å². The number of carbonyl (C=O) groups excluding carboxylic acids is 2. The van der Waals surface area contributed by atoms with Crippen molar-refractivity contribution in [1.82, 2.24) is 5.32 Å². The molecule has 3 N–H and O–H groups in total. The Kier molecular flexibility index (Phi) is 2.95. The highest BCUT2D eigenvalue weighted by atomic mass is 19.1. The van der Waals surface area contributed by atoms with Crippen LogP contribution in [0.2, 0.25) is 0 Å². The van der Waals surface area contributed by atoms with Crippen LogP contribution in [0, 0.1) is 5.82 Å². The van der Waals surface area contributed by atoms with Gasteiger partial charge in [-0.25, -0.2) is 9.18 Å². The summed E-state index contributed by atoms with van der Waals surface area (Å²) in [6.07, 6.45) is 0.180. The second kappa shape index (κ2) is 4.40. The molecule has 0 aromatic heterocycles. The number of nitrogens with one attached hydrogen (secondary N) is 1. The first-order valence-corrected chi connectivity index (χ1v) is 5.18. The van der Waals surface area contributed by atoms with E-state index in [-0.39, 0.29) is 18.4 Å². The highest BCUT2D eigenvalue weighted by Gasteiger charge is 2.31. The van der Waals surface area contributed by atoms with Crippen molar-refractivity contribution in [2.45, 2.75) is 12.5 Å². The monoisotopic (exact) mass is 237 g/mol. The Morgan fingerprint density at radius 2 is 2.29 bits per heavy atom. The van der Waals surface area contributed by atoms with Gasteiger partial charge < -0.3 is 16.0 Å². The van der Waals surface area contributed by atoms with E-state index in [0.29, 0.717) is 12.2 Å². The maximum Gasteiger partial charge on any atom is 0.312 e. The number of hydrogen-bond donors (Lipinski definition) is 2. The summed E-state index contributed by atoms with van der Waals surface area (Å²) in [5, 5.41) is 2.47. The van der Waals surface area contributed by atoms with Gasteiger partial charge in [-0.1, -0.05) is 6.07 Å². The predicted molar refractivity (Wildman–Crippen MR) is 59.9 cm³/mol. The number of nitrogens with two attached hydrogens (primary N) is 1. The van der Waals surface area contributed by atoms with Gasteiger partial charge in [0.2, 0.25) is 5.91 Å². The normalized spacial score (nSPS) is 19.5. The number of nitrogens with zero attached hydrogens (tertiary/aromatic N) is 1. The van der Waals surface area contributed by atoms with Crippen molar-refractivity contribution in [2.24, 2.45) is 5.73 Å². The summed E-state index contributed by atoms with van der Waals surface area (Å²) in [5.41, 5.74) is 5.48. The Morgan fingerprint density at radius 3 is 2.94 bits per heavy atom. The van der Waals surface area contributed by atoms with E-state index in [9.17, 15) is 14.0 Å². The van der Waals surface area contributed by atoms with E-state index < -0.39 is 11.8 Å². The number of rotatable bonds is 2. The number of halogens is 1. The zero-order chi connectivity index (χ0) is 12.4. The van der Waals surface area contributed by atoms with Crippen LogP contribution in [0.4, 0.5) is 14.9 Å². The van der Waals surface area contributed by atoms with E-state index in [1.807, 2.05) is 0 Å². The van der Waals surface area contributed by atoms with Gasteiger partial charge in [0.25, 0.3) is 0 Å². The molecule has 3 amide bonds. The standard InChI is InChI=1S/C11H12FN3O2/c12-7-2-1-3-9(4-7)15-6-8(5-10(15)16)14-11(13)17/h1-4,8H,5-6H2,(H3,13,14,17). The average Bonchev–Trinajstić information content (AvgIpc) is 2.58. The van der Waals surface area contributed by atoms with E-state index in [1.165, 1.54) is 23.1 Å². The molecule has 0 bridgehead atoms. The number of hydrogen-bond acceptors (Lipinski definition) is 2. The Hall–Kier alpha value is -2.11. The molecule has 5 nitrogen and oxygen atoms in total. The lowest BCUT2D eigenvalue weighted by molar-refractivity contribution is -0.117. The lowest BCUT2D eigenvalue weighted by atomic mass is 10.2. The predicted octanol–water partition coefficient (Wildman–Crippen LogP) is 0.599. The lowest BCUT2D eigenvalue weighted by Crippen LogP contribution is -2.40. The van der Waals surface area contributed by atoms with Crippen molar-refractivity contribution in [1.29, 1.82) is 0 Å². The molecular formula is C11H12FN3O2. The minimum absolute atomic E-state index is 0.158. The number of primary amides is 1.